The molecule has 1 amide bonds. The molecule has 0 saturated heterocycles. The molecule has 0 fully saturated rings. The fourth-order valence-electron chi connectivity index (χ4n) is 4.47. The van der Waals surface area contributed by atoms with Gasteiger partial charge in [0, 0.05) is 36.7 Å². The minimum Gasteiger partial charge on any atom is -0.496 e. The van der Waals surface area contributed by atoms with Crippen molar-refractivity contribution in [1.82, 2.24) is 0 Å². The average Bonchev–Trinajstić information content (AvgIpc) is 2.87. The lowest BCUT2D eigenvalue weighted by atomic mass is 9.91. The summed E-state index contributed by atoms with van der Waals surface area (Å²) >= 11 is 0. The Hall–Kier alpha value is -4.07. The number of fused-ring (bicyclic) bond motifs is 1. The molecule has 0 unspecified atom stereocenters. The molecule has 1 aliphatic rings. The summed E-state index contributed by atoms with van der Waals surface area (Å²) < 4.78 is 31.1. The zero-order valence-corrected chi connectivity index (χ0v) is 21.9. The van der Waals surface area contributed by atoms with Crippen LogP contribution in [0, 0.1) is 12.7 Å². The lowest BCUT2D eigenvalue weighted by Crippen LogP contribution is -2.52. The number of benzene rings is 3. The van der Waals surface area contributed by atoms with Gasteiger partial charge in [0.25, 0.3) is 5.91 Å². The second-order valence-electron chi connectivity index (χ2n) is 9.49. The molecule has 194 valence electrons. The third kappa shape index (κ3) is 5.09. The molecule has 1 N–H and O–H groups in total. The zero-order valence-electron chi connectivity index (χ0n) is 21.9. The Morgan fingerprint density at radius 3 is 2.49 bits per heavy atom. The van der Waals surface area contributed by atoms with Crippen molar-refractivity contribution >= 4 is 23.3 Å². The molecule has 4 rings (SSSR count). The number of esters is 1. The lowest BCUT2D eigenvalue weighted by Gasteiger charge is -2.39. The Morgan fingerprint density at radius 1 is 1.05 bits per heavy atom. The molecule has 37 heavy (non-hydrogen) atoms. The number of nitrogens with one attached hydrogen (secondary N) is 1. The zero-order chi connectivity index (χ0) is 26.9. The van der Waals surface area contributed by atoms with Crippen molar-refractivity contribution in [1.29, 1.82) is 0 Å². The smallest absolute Gasteiger partial charge is 0.310 e. The van der Waals surface area contributed by atoms with Crippen LogP contribution in [0.15, 0.2) is 48.5 Å². The highest BCUT2D eigenvalue weighted by molar-refractivity contribution is 6.08. The van der Waals surface area contributed by atoms with E-state index in [-0.39, 0.29) is 24.9 Å². The maximum absolute atomic E-state index is 13.9. The van der Waals surface area contributed by atoms with Crippen LogP contribution in [0.5, 0.6) is 17.2 Å². The largest absolute Gasteiger partial charge is 0.496 e. The monoisotopic (exact) mass is 506 g/mol. The van der Waals surface area contributed by atoms with Gasteiger partial charge < -0.3 is 24.4 Å². The van der Waals surface area contributed by atoms with E-state index in [1.54, 1.807) is 43.1 Å². The number of methoxy groups -OCH3 is 1. The molecule has 0 aromatic heterocycles. The van der Waals surface area contributed by atoms with E-state index in [1.165, 1.54) is 19.2 Å². The Bertz CT molecular complexity index is 1370. The van der Waals surface area contributed by atoms with Crippen LogP contribution in [0.2, 0.25) is 0 Å². The number of hydrogen-bond acceptors (Lipinski definition) is 6. The highest BCUT2D eigenvalue weighted by Crippen LogP contribution is 2.45. The SMILES string of the molecule is CCC(=O)Oc1ccc(-c2ccc3c(c2COc2cc(F)ccc2C)N(C)C(=O)C(C)(C)N3)c(OC)c1. The van der Waals surface area contributed by atoms with Gasteiger partial charge in [0.15, 0.2) is 0 Å². The van der Waals surface area contributed by atoms with Gasteiger partial charge in [0.2, 0.25) is 0 Å². The number of halogens is 1. The maximum atomic E-state index is 13.9. The van der Waals surface area contributed by atoms with Gasteiger partial charge in [0.1, 0.15) is 35.2 Å². The molecule has 1 aliphatic heterocycles. The first-order valence-corrected chi connectivity index (χ1v) is 12.1. The molecule has 3 aromatic carbocycles. The number of rotatable bonds is 7. The second kappa shape index (κ2) is 10.1. The predicted octanol–water partition coefficient (Wildman–Crippen LogP) is 5.87. The van der Waals surface area contributed by atoms with Crippen LogP contribution in [-0.2, 0) is 16.2 Å². The van der Waals surface area contributed by atoms with E-state index in [1.807, 2.05) is 32.9 Å². The van der Waals surface area contributed by atoms with Crippen molar-refractivity contribution in [3.8, 4) is 28.4 Å². The standard InChI is InChI=1S/C29H31FN2O5/c1-7-26(33)37-19-10-11-21(25(15-19)35-6)20-12-13-23-27(32(5)28(34)29(3,4)31-23)22(20)16-36-24-14-18(30)9-8-17(24)2/h8-15,31H,7,16H2,1-6H3. The number of anilines is 2. The van der Waals surface area contributed by atoms with Gasteiger partial charge in [-0.25, -0.2) is 4.39 Å². The number of aryl methyl sites for hydroxylation is 1. The lowest BCUT2D eigenvalue weighted by molar-refractivity contribution is -0.134. The summed E-state index contributed by atoms with van der Waals surface area (Å²) in [6.07, 6.45) is 0.250. The van der Waals surface area contributed by atoms with Crippen molar-refractivity contribution in [2.75, 3.05) is 24.4 Å². The molecule has 7 nitrogen and oxygen atoms in total. The van der Waals surface area contributed by atoms with Crippen LogP contribution in [0.25, 0.3) is 11.1 Å². The van der Waals surface area contributed by atoms with Crippen LogP contribution in [0.3, 0.4) is 0 Å². The van der Waals surface area contributed by atoms with Crippen LogP contribution in [0.4, 0.5) is 15.8 Å². The second-order valence-corrected chi connectivity index (χ2v) is 9.49. The molecule has 1 heterocycles. The number of ether oxygens (including phenoxy) is 3. The number of carbonyl (C=O) groups excluding carboxylic acids is 2. The quantitative estimate of drug-likeness (QED) is 0.319. The van der Waals surface area contributed by atoms with E-state index < -0.39 is 11.4 Å². The molecule has 3 aromatic rings. The third-order valence-corrected chi connectivity index (χ3v) is 6.41. The number of carbonyl (C=O) groups is 2. The average molecular weight is 507 g/mol. The van der Waals surface area contributed by atoms with E-state index in [9.17, 15) is 14.0 Å². The summed E-state index contributed by atoms with van der Waals surface area (Å²) in [5.41, 5.74) is 3.65. The van der Waals surface area contributed by atoms with Crippen molar-refractivity contribution in [2.45, 2.75) is 46.3 Å². The van der Waals surface area contributed by atoms with Gasteiger partial charge in [0.05, 0.1) is 18.5 Å². The normalized spacial score (nSPS) is 14.0. The number of hydrogen-bond donors (Lipinski definition) is 1. The summed E-state index contributed by atoms with van der Waals surface area (Å²) in [4.78, 5) is 26.6. The molecule has 8 heteroatoms. The van der Waals surface area contributed by atoms with Crippen LogP contribution in [0.1, 0.15) is 38.3 Å². The first kappa shape index (κ1) is 26.0. The highest BCUT2D eigenvalue weighted by Gasteiger charge is 2.38. The molecule has 0 bridgehead atoms. The fraction of sp³-hybridized carbons (Fsp3) is 0.310. The van der Waals surface area contributed by atoms with Crippen molar-refractivity contribution in [3.63, 3.8) is 0 Å². The Labute approximate surface area is 216 Å². The van der Waals surface area contributed by atoms with Gasteiger partial charge in [-0.1, -0.05) is 19.1 Å². The summed E-state index contributed by atoms with van der Waals surface area (Å²) in [5, 5.41) is 3.32. The Kier molecular flexibility index (Phi) is 7.12. The topological polar surface area (TPSA) is 77.1 Å². The van der Waals surface area contributed by atoms with Crippen molar-refractivity contribution < 1.29 is 28.2 Å². The molecular formula is C29H31FN2O5. The molecule has 0 aliphatic carbocycles. The van der Waals surface area contributed by atoms with E-state index in [0.29, 0.717) is 22.9 Å². The Balaban J connectivity index is 1.86. The van der Waals surface area contributed by atoms with Gasteiger partial charge in [-0.2, -0.15) is 0 Å². The minimum atomic E-state index is -0.789. The van der Waals surface area contributed by atoms with E-state index >= 15 is 0 Å². The van der Waals surface area contributed by atoms with Crippen LogP contribution < -0.4 is 24.4 Å². The van der Waals surface area contributed by atoms with E-state index in [4.69, 9.17) is 14.2 Å². The molecule has 0 saturated carbocycles. The van der Waals surface area contributed by atoms with Crippen molar-refractivity contribution in [3.05, 3.63) is 65.5 Å². The summed E-state index contributed by atoms with van der Waals surface area (Å²) in [6.45, 7) is 7.29. The predicted molar refractivity (Wildman–Crippen MR) is 141 cm³/mol. The molecule has 0 spiro atoms. The minimum absolute atomic E-state index is 0.0677. The van der Waals surface area contributed by atoms with Gasteiger partial charge in [-0.05, 0) is 56.2 Å². The third-order valence-electron chi connectivity index (χ3n) is 6.41. The van der Waals surface area contributed by atoms with Gasteiger partial charge in [-0.15, -0.1) is 0 Å². The van der Waals surface area contributed by atoms with Gasteiger partial charge in [-0.3, -0.25) is 9.59 Å². The van der Waals surface area contributed by atoms with Gasteiger partial charge >= 0.3 is 5.97 Å². The molecule has 0 radical (unpaired) electrons. The fourth-order valence-corrected chi connectivity index (χ4v) is 4.47. The maximum Gasteiger partial charge on any atom is 0.310 e. The highest BCUT2D eigenvalue weighted by atomic mass is 19.1. The van der Waals surface area contributed by atoms with E-state index in [0.717, 1.165) is 27.9 Å². The first-order valence-electron chi connectivity index (χ1n) is 12.1. The number of amides is 1. The summed E-state index contributed by atoms with van der Waals surface area (Å²) in [7, 11) is 3.27. The number of likely N-dealkylation sites (N-methyl/N-ethyl adjacent to an activating group) is 1. The van der Waals surface area contributed by atoms with Crippen LogP contribution in [-0.4, -0.2) is 31.6 Å². The Morgan fingerprint density at radius 2 is 1.78 bits per heavy atom. The summed E-state index contributed by atoms with van der Waals surface area (Å²) in [5.74, 6) is 0.420. The first-order chi connectivity index (χ1) is 17.6. The molecule has 0 atom stereocenters. The summed E-state index contributed by atoms with van der Waals surface area (Å²) in [6, 6.07) is 13.4. The van der Waals surface area contributed by atoms with Crippen molar-refractivity contribution in [2.24, 2.45) is 0 Å². The van der Waals surface area contributed by atoms with Crippen LogP contribution >= 0.6 is 0 Å². The number of nitrogens with zero attached hydrogens (tertiary/aromatic N) is 1. The molecular weight excluding hydrogens is 475 g/mol. The van der Waals surface area contributed by atoms with E-state index in [2.05, 4.69) is 5.32 Å².